The largest absolute Gasteiger partial charge is 0.325 e. The molecule has 1 N–H and O–H groups in total. The number of halogens is 1. The molecule has 0 fully saturated rings. The maximum Gasteiger partial charge on any atom is 0.244 e. The molecule has 5 nitrogen and oxygen atoms in total. The molecule has 0 radical (unpaired) electrons. The maximum atomic E-state index is 13.8. The topological polar surface area (TPSA) is 66.5 Å². The van der Waals surface area contributed by atoms with E-state index in [-0.39, 0.29) is 17.3 Å². The van der Waals surface area contributed by atoms with Gasteiger partial charge in [0.05, 0.1) is 4.90 Å². The zero-order valence-corrected chi connectivity index (χ0v) is 19.2. The molecule has 7 heteroatoms. The molecule has 0 spiro atoms. The second kappa shape index (κ2) is 8.63. The van der Waals surface area contributed by atoms with Crippen LogP contribution in [-0.4, -0.2) is 24.7 Å². The van der Waals surface area contributed by atoms with Gasteiger partial charge in [0.25, 0.3) is 0 Å². The van der Waals surface area contributed by atoms with Crippen molar-refractivity contribution >= 4 is 44.0 Å². The molecule has 4 aromatic carbocycles. The third-order valence-electron chi connectivity index (χ3n) is 5.95. The molecule has 0 aliphatic carbocycles. The van der Waals surface area contributed by atoms with Crippen LogP contribution in [0, 0.1) is 0 Å². The van der Waals surface area contributed by atoms with E-state index in [0.717, 1.165) is 21.9 Å². The normalized spacial score (nSPS) is 16.3. The Morgan fingerprint density at radius 2 is 1.52 bits per heavy atom. The van der Waals surface area contributed by atoms with E-state index < -0.39 is 16.1 Å². The van der Waals surface area contributed by atoms with Gasteiger partial charge in [-0.05, 0) is 64.7 Å². The van der Waals surface area contributed by atoms with Gasteiger partial charge in [0.15, 0.2) is 0 Å². The first-order valence-corrected chi connectivity index (χ1v) is 12.4. The summed E-state index contributed by atoms with van der Waals surface area (Å²) in [6.07, 6.45) is 0.294. The minimum absolute atomic E-state index is 0.129. The number of sulfonamides is 1. The van der Waals surface area contributed by atoms with E-state index in [1.165, 1.54) is 4.31 Å². The van der Waals surface area contributed by atoms with Gasteiger partial charge in [0.2, 0.25) is 15.9 Å². The monoisotopic (exact) mass is 476 g/mol. The number of nitrogens with zero attached hydrogens (tertiary/aromatic N) is 1. The van der Waals surface area contributed by atoms with Gasteiger partial charge in [-0.1, -0.05) is 66.2 Å². The summed E-state index contributed by atoms with van der Waals surface area (Å²) >= 11 is 5.95. The number of hydrogen-bond acceptors (Lipinski definition) is 3. The fourth-order valence-corrected chi connectivity index (χ4v) is 5.92. The number of fused-ring (bicyclic) bond motifs is 2. The Morgan fingerprint density at radius 3 is 2.27 bits per heavy atom. The summed E-state index contributed by atoms with van der Waals surface area (Å²) in [5, 5.41) is 5.19. The molecule has 5 rings (SSSR count). The lowest BCUT2D eigenvalue weighted by molar-refractivity contribution is -0.120. The third kappa shape index (κ3) is 4.25. The van der Waals surface area contributed by atoms with Crippen molar-refractivity contribution in [3.05, 3.63) is 107 Å². The molecule has 4 aromatic rings. The fourth-order valence-electron chi connectivity index (χ4n) is 4.20. The highest BCUT2D eigenvalue weighted by atomic mass is 35.5. The minimum Gasteiger partial charge on any atom is -0.325 e. The first-order valence-electron chi connectivity index (χ1n) is 10.6. The average molecular weight is 477 g/mol. The third-order valence-corrected chi connectivity index (χ3v) is 8.05. The van der Waals surface area contributed by atoms with Gasteiger partial charge in [0.1, 0.15) is 6.04 Å². The number of hydrogen-bond donors (Lipinski definition) is 1. The van der Waals surface area contributed by atoms with Gasteiger partial charge < -0.3 is 5.32 Å². The Bertz CT molecular complexity index is 1450. The van der Waals surface area contributed by atoms with Crippen LogP contribution in [0.5, 0.6) is 0 Å². The summed E-state index contributed by atoms with van der Waals surface area (Å²) in [5.41, 5.74) is 2.43. The summed E-state index contributed by atoms with van der Waals surface area (Å²) in [7, 11) is -3.94. The molecule has 0 aromatic heterocycles. The van der Waals surface area contributed by atoms with Crippen molar-refractivity contribution in [3.63, 3.8) is 0 Å². The van der Waals surface area contributed by atoms with Gasteiger partial charge in [-0.25, -0.2) is 8.42 Å². The van der Waals surface area contributed by atoms with E-state index in [1.807, 2.05) is 48.5 Å². The van der Waals surface area contributed by atoms with Crippen LogP contribution >= 0.6 is 11.6 Å². The smallest absolute Gasteiger partial charge is 0.244 e. The molecule has 1 aliphatic rings. The van der Waals surface area contributed by atoms with Crippen LogP contribution in [0.1, 0.15) is 11.1 Å². The van der Waals surface area contributed by atoms with E-state index in [4.69, 9.17) is 11.6 Å². The van der Waals surface area contributed by atoms with Gasteiger partial charge in [-0.2, -0.15) is 4.31 Å². The van der Waals surface area contributed by atoms with E-state index in [2.05, 4.69) is 5.32 Å². The first kappa shape index (κ1) is 21.6. The quantitative estimate of drug-likeness (QED) is 0.437. The molecular weight excluding hydrogens is 456 g/mol. The minimum atomic E-state index is -3.94. The molecular formula is C26H21ClN2O3S. The highest BCUT2D eigenvalue weighted by molar-refractivity contribution is 7.89. The van der Waals surface area contributed by atoms with Gasteiger partial charge in [-0.15, -0.1) is 0 Å². The van der Waals surface area contributed by atoms with Crippen molar-refractivity contribution in [2.45, 2.75) is 23.9 Å². The molecule has 1 atom stereocenters. The molecule has 0 bridgehead atoms. The predicted molar refractivity (Wildman–Crippen MR) is 131 cm³/mol. The van der Waals surface area contributed by atoms with Crippen LogP contribution in [-0.2, 0) is 27.8 Å². The van der Waals surface area contributed by atoms with Gasteiger partial charge in [0, 0.05) is 17.3 Å². The van der Waals surface area contributed by atoms with Gasteiger partial charge in [-0.3, -0.25) is 4.79 Å². The molecule has 1 heterocycles. The molecule has 1 amide bonds. The second-order valence-electron chi connectivity index (χ2n) is 8.04. The van der Waals surface area contributed by atoms with Crippen LogP contribution in [0.3, 0.4) is 0 Å². The van der Waals surface area contributed by atoms with E-state index in [0.29, 0.717) is 17.1 Å². The molecule has 33 heavy (non-hydrogen) atoms. The predicted octanol–water partition coefficient (Wildman–Crippen LogP) is 5.25. The number of carbonyl (C=O) groups excluding carboxylic acids is 1. The molecule has 0 saturated carbocycles. The Labute approximate surface area is 197 Å². The number of anilines is 1. The maximum absolute atomic E-state index is 13.8. The SMILES string of the molecule is O=C(Nc1ccc(Cl)cc1)C1Cc2ccccc2CN1S(=O)(=O)c1ccc2ccccc2c1. The highest BCUT2D eigenvalue weighted by Crippen LogP contribution is 2.31. The Hall–Kier alpha value is -3.19. The summed E-state index contributed by atoms with van der Waals surface area (Å²) in [6.45, 7) is 0.129. The number of rotatable bonds is 4. The highest BCUT2D eigenvalue weighted by Gasteiger charge is 2.39. The van der Waals surface area contributed by atoms with Crippen LogP contribution in [0.15, 0.2) is 95.9 Å². The average Bonchev–Trinajstić information content (AvgIpc) is 2.84. The van der Waals surface area contributed by atoms with Crippen molar-refractivity contribution in [1.82, 2.24) is 4.31 Å². The number of nitrogens with one attached hydrogen (secondary N) is 1. The lowest BCUT2D eigenvalue weighted by atomic mass is 9.95. The lowest BCUT2D eigenvalue weighted by Crippen LogP contribution is -2.50. The zero-order valence-electron chi connectivity index (χ0n) is 17.6. The number of carbonyl (C=O) groups is 1. The number of benzene rings is 4. The van der Waals surface area contributed by atoms with Gasteiger partial charge >= 0.3 is 0 Å². The first-order chi connectivity index (χ1) is 15.9. The Morgan fingerprint density at radius 1 is 0.848 bits per heavy atom. The van der Waals surface area contributed by atoms with E-state index in [1.54, 1.807) is 42.5 Å². The summed E-state index contributed by atoms with van der Waals surface area (Å²) < 4.78 is 28.9. The van der Waals surface area contributed by atoms with Crippen LogP contribution in [0.2, 0.25) is 5.02 Å². The molecule has 0 saturated heterocycles. The molecule has 1 aliphatic heterocycles. The molecule has 1 unspecified atom stereocenters. The van der Waals surface area contributed by atoms with Crippen molar-refractivity contribution in [2.24, 2.45) is 0 Å². The van der Waals surface area contributed by atoms with E-state index >= 15 is 0 Å². The summed E-state index contributed by atoms with van der Waals surface area (Å²) in [5.74, 6) is -0.379. The van der Waals surface area contributed by atoms with Crippen LogP contribution < -0.4 is 5.32 Å². The van der Waals surface area contributed by atoms with Crippen molar-refractivity contribution in [3.8, 4) is 0 Å². The fraction of sp³-hybridized carbons (Fsp3) is 0.115. The Kier molecular flexibility index (Phi) is 5.66. The zero-order chi connectivity index (χ0) is 23.0. The van der Waals surface area contributed by atoms with Crippen LogP contribution in [0.25, 0.3) is 10.8 Å². The summed E-state index contributed by atoms with van der Waals surface area (Å²) in [6, 6.07) is 26.2. The summed E-state index contributed by atoms with van der Waals surface area (Å²) in [4.78, 5) is 13.5. The standard InChI is InChI=1S/C26H21ClN2O3S/c27-22-10-12-23(13-11-22)28-26(30)25-16-20-7-3-4-8-21(20)17-29(25)33(31,32)24-14-9-18-5-1-2-6-19(18)15-24/h1-15,25H,16-17H2,(H,28,30). The van der Waals surface area contributed by atoms with Crippen molar-refractivity contribution in [1.29, 1.82) is 0 Å². The van der Waals surface area contributed by atoms with Crippen molar-refractivity contribution in [2.75, 3.05) is 5.32 Å². The lowest BCUT2D eigenvalue weighted by Gasteiger charge is -2.35. The van der Waals surface area contributed by atoms with Crippen molar-refractivity contribution < 1.29 is 13.2 Å². The second-order valence-corrected chi connectivity index (χ2v) is 10.4. The Balaban J connectivity index is 1.54. The van der Waals surface area contributed by atoms with E-state index in [9.17, 15) is 13.2 Å². The van der Waals surface area contributed by atoms with Crippen LogP contribution in [0.4, 0.5) is 5.69 Å². The number of amides is 1. The molecule has 166 valence electrons.